The van der Waals surface area contributed by atoms with Crippen LogP contribution in [0.5, 0.6) is 0 Å². The molecule has 2 unspecified atom stereocenters. The summed E-state index contributed by atoms with van der Waals surface area (Å²) < 4.78 is 1.70. The number of aromatic carboxylic acids is 1. The van der Waals surface area contributed by atoms with Crippen molar-refractivity contribution < 1.29 is 9.90 Å². The van der Waals surface area contributed by atoms with Gasteiger partial charge in [-0.3, -0.25) is 4.68 Å². The molecule has 0 spiro atoms. The fraction of sp³-hybridized carbons (Fsp3) is 0.692. The van der Waals surface area contributed by atoms with Gasteiger partial charge in [0.25, 0.3) is 0 Å². The maximum Gasteiger partial charge on any atom is 0.341 e. The van der Waals surface area contributed by atoms with Gasteiger partial charge in [0.05, 0.1) is 5.69 Å². The molecule has 0 aromatic carbocycles. The quantitative estimate of drug-likeness (QED) is 0.872. The molecule has 0 saturated carbocycles. The Bertz CT molecular complexity index is 467. The largest absolute Gasteiger partial charge is 0.477 e. The molecule has 0 bridgehead atoms. The molecule has 1 aliphatic rings. The normalized spacial score (nSPS) is 24.3. The average Bonchev–Trinajstić information content (AvgIpc) is 2.57. The number of hydrogen-bond acceptors (Lipinski definition) is 3. The maximum absolute atomic E-state index is 11.4. The van der Waals surface area contributed by atoms with E-state index < -0.39 is 5.97 Å². The van der Waals surface area contributed by atoms with Crippen molar-refractivity contribution >= 4 is 11.8 Å². The van der Waals surface area contributed by atoms with E-state index in [1.165, 1.54) is 0 Å². The van der Waals surface area contributed by atoms with Gasteiger partial charge >= 0.3 is 5.97 Å². The van der Waals surface area contributed by atoms with E-state index in [1.54, 1.807) is 11.6 Å². The van der Waals surface area contributed by atoms with Gasteiger partial charge in [0.15, 0.2) is 0 Å². The van der Waals surface area contributed by atoms with Gasteiger partial charge < -0.3 is 10.0 Å². The third-order valence-corrected chi connectivity index (χ3v) is 4.04. The van der Waals surface area contributed by atoms with E-state index in [2.05, 4.69) is 23.8 Å². The number of piperidine rings is 1. The first-order chi connectivity index (χ1) is 8.41. The molecule has 2 rings (SSSR count). The summed E-state index contributed by atoms with van der Waals surface area (Å²) in [5.74, 6) is 1.14. The number of anilines is 1. The highest BCUT2D eigenvalue weighted by Gasteiger charge is 2.29. The van der Waals surface area contributed by atoms with Crippen LogP contribution in [0.15, 0.2) is 0 Å². The molecule has 1 aliphatic heterocycles. The van der Waals surface area contributed by atoms with Gasteiger partial charge in [-0.1, -0.05) is 13.8 Å². The second kappa shape index (κ2) is 4.63. The molecule has 18 heavy (non-hydrogen) atoms. The van der Waals surface area contributed by atoms with Crippen LogP contribution in [0.4, 0.5) is 5.82 Å². The third kappa shape index (κ3) is 2.09. The van der Waals surface area contributed by atoms with Crippen LogP contribution in [0.1, 0.15) is 36.3 Å². The maximum atomic E-state index is 11.4. The molecule has 0 radical (unpaired) electrons. The zero-order chi connectivity index (χ0) is 13.4. The van der Waals surface area contributed by atoms with Gasteiger partial charge in [-0.15, -0.1) is 0 Å². The highest BCUT2D eigenvalue weighted by atomic mass is 16.4. The summed E-state index contributed by atoms with van der Waals surface area (Å²) in [6.07, 6.45) is 1.10. The number of carboxylic acids is 1. The van der Waals surface area contributed by atoms with Gasteiger partial charge in [-0.05, 0) is 25.2 Å². The fourth-order valence-corrected chi connectivity index (χ4v) is 2.71. The molecule has 0 aliphatic carbocycles. The lowest BCUT2D eigenvalue weighted by Gasteiger charge is -2.36. The molecule has 1 fully saturated rings. The zero-order valence-electron chi connectivity index (χ0n) is 11.5. The summed E-state index contributed by atoms with van der Waals surface area (Å²) in [6, 6.07) is 0. The molecule has 2 heterocycles. The van der Waals surface area contributed by atoms with Crippen molar-refractivity contribution in [1.82, 2.24) is 9.78 Å². The van der Waals surface area contributed by atoms with Crippen molar-refractivity contribution in [2.24, 2.45) is 18.9 Å². The minimum absolute atomic E-state index is 0.347. The monoisotopic (exact) mass is 251 g/mol. The minimum Gasteiger partial charge on any atom is -0.477 e. The molecule has 5 heteroatoms. The Balaban J connectivity index is 2.36. The number of carbonyl (C=O) groups is 1. The van der Waals surface area contributed by atoms with Crippen molar-refractivity contribution in [2.45, 2.75) is 27.2 Å². The first-order valence-electron chi connectivity index (χ1n) is 6.43. The van der Waals surface area contributed by atoms with Crippen molar-refractivity contribution in [2.75, 3.05) is 18.0 Å². The molecule has 1 aromatic heterocycles. The van der Waals surface area contributed by atoms with E-state index in [1.807, 2.05) is 7.05 Å². The van der Waals surface area contributed by atoms with E-state index in [0.717, 1.165) is 25.3 Å². The van der Waals surface area contributed by atoms with Gasteiger partial charge in [0.2, 0.25) is 0 Å². The summed E-state index contributed by atoms with van der Waals surface area (Å²) in [6.45, 7) is 8.04. The van der Waals surface area contributed by atoms with Gasteiger partial charge in [0.1, 0.15) is 11.4 Å². The summed E-state index contributed by atoms with van der Waals surface area (Å²) in [5, 5.41) is 13.6. The smallest absolute Gasteiger partial charge is 0.341 e. The second-order valence-electron chi connectivity index (χ2n) is 5.40. The minimum atomic E-state index is -0.887. The van der Waals surface area contributed by atoms with Crippen LogP contribution in [0.25, 0.3) is 0 Å². The highest BCUT2D eigenvalue weighted by molar-refractivity contribution is 5.94. The van der Waals surface area contributed by atoms with Crippen LogP contribution in [0.2, 0.25) is 0 Å². The van der Waals surface area contributed by atoms with Crippen LogP contribution in [0.3, 0.4) is 0 Å². The average molecular weight is 251 g/mol. The second-order valence-corrected chi connectivity index (χ2v) is 5.40. The Kier molecular flexibility index (Phi) is 3.32. The van der Waals surface area contributed by atoms with E-state index >= 15 is 0 Å². The molecular formula is C13H21N3O2. The molecule has 0 amide bonds. The Morgan fingerprint density at radius 1 is 1.39 bits per heavy atom. The van der Waals surface area contributed by atoms with Crippen LogP contribution >= 0.6 is 0 Å². The Hall–Kier alpha value is -1.52. The summed E-state index contributed by atoms with van der Waals surface area (Å²) >= 11 is 0. The molecule has 5 nitrogen and oxygen atoms in total. The lowest BCUT2D eigenvalue weighted by atomic mass is 9.88. The summed E-state index contributed by atoms with van der Waals surface area (Å²) in [5.41, 5.74) is 0.936. The van der Waals surface area contributed by atoms with Crippen LogP contribution < -0.4 is 4.90 Å². The fourth-order valence-electron chi connectivity index (χ4n) is 2.71. The zero-order valence-corrected chi connectivity index (χ0v) is 11.5. The Morgan fingerprint density at radius 3 is 2.61 bits per heavy atom. The van der Waals surface area contributed by atoms with Crippen molar-refractivity contribution in [1.29, 1.82) is 0 Å². The van der Waals surface area contributed by atoms with Crippen molar-refractivity contribution in [3.8, 4) is 0 Å². The number of aryl methyl sites for hydroxylation is 2. The standard InChI is InChI=1S/C13H21N3O2/c1-8-5-6-16(7-9(8)2)12-11(13(17)18)10(3)14-15(12)4/h8-9H,5-7H2,1-4H3,(H,17,18). The van der Waals surface area contributed by atoms with Crippen molar-refractivity contribution in [3.05, 3.63) is 11.3 Å². The number of rotatable bonds is 2. The lowest BCUT2D eigenvalue weighted by molar-refractivity contribution is 0.0696. The predicted octanol–water partition coefficient (Wildman–Crippen LogP) is 1.91. The Morgan fingerprint density at radius 2 is 2.06 bits per heavy atom. The topological polar surface area (TPSA) is 58.4 Å². The predicted molar refractivity (Wildman–Crippen MR) is 70.1 cm³/mol. The van der Waals surface area contributed by atoms with E-state index in [0.29, 0.717) is 23.1 Å². The van der Waals surface area contributed by atoms with Crippen molar-refractivity contribution in [3.63, 3.8) is 0 Å². The number of aromatic nitrogens is 2. The molecule has 1 N–H and O–H groups in total. The van der Waals surface area contributed by atoms with E-state index in [-0.39, 0.29) is 0 Å². The number of nitrogens with zero attached hydrogens (tertiary/aromatic N) is 3. The molecule has 1 saturated heterocycles. The summed E-state index contributed by atoms with van der Waals surface area (Å²) in [7, 11) is 1.82. The molecule has 100 valence electrons. The van der Waals surface area contributed by atoms with E-state index in [9.17, 15) is 9.90 Å². The summed E-state index contributed by atoms with van der Waals surface area (Å²) in [4.78, 5) is 13.5. The van der Waals surface area contributed by atoms with Gasteiger partial charge in [-0.2, -0.15) is 5.10 Å². The highest BCUT2D eigenvalue weighted by Crippen LogP contribution is 2.30. The van der Waals surface area contributed by atoms with Crippen LogP contribution in [0, 0.1) is 18.8 Å². The van der Waals surface area contributed by atoms with E-state index in [4.69, 9.17) is 0 Å². The third-order valence-electron chi connectivity index (χ3n) is 4.04. The van der Waals surface area contributed by atoms with Gasteiger partial charge in [0, 0.05) is 20.1 Å². The SMILES string of the molecule is Cc1nn(C)c(N2CCC(C)C(C)C2)c1C(=O)O. The molecule has 2 atom stereocenters. The first-order valence-corrected chi connectivity index (χ1v) is 6.43. The Labute approximate surface area is 107 Å². The number of hydrogen-bond donors (Lipinski definition) is 1. The van der Waals surface area contributed by atoms with Crippen LogP contribution in [-0.2, 0) is 7.05 Å². The molecular weight excluding hydrogens is 230 g/mol. The molecule has 1 aromatic rings. The number of carboxylic acid groups (broad SMARTS) is 1. The van der Waals surface area contributed by atoms with Gasteiger partial charge in [-0.25, -0.2) is 4.79 Å². The van der Waals surface area contributed by atoms with Crippen LogP contribution in [-0.4, -0.2) is 33.9 Å². The first kappa shape index (κ1) is 12.9. The lowest BCUT2D eigenvalue weighted by Crippen LogP contribution is -2.40.